The SMILES string of the molecule is Cc1ccc(N(c2ccc(C)cc2)c2ccc(-c3c(C)c(C)c(C)c(C(C)C)c3-c3ccc(N(c4ccc(C)cc4)c4ccc(C)cc4)cc3)cc2)cc1. The van der Waals surface area contributed by atoms with Gasteiger partial charge < -0.3 is 9.80 Å². The molecule has 2 heteroatoms. The molecule has 7 aromatic rings. The van der Waals surface area contributed by atoms with Crippen LogP contribution in [0.25, 0.3) is 22.3 Å². The van der Waals surface area contributed by atoms with E-state index in [0.29, 0.717) is 5.92 Å². The summed E-state index contributed by atoms with van der Waals surface area (Å²) in [6, 6.07) is 53.7. The summed E-state index contributed by atoms with van der Waals surface area (Å²) >= 11 is 0. The summed E-state index contributed by atoms with van der Waals surface area (Å²) < 4.78 is 0. The lowest BCUT2D eigenvalue weighted by atomic mass is 9.79. The standard InChI is InChI=1S/C52H52N2/c1-34(2)50-40(8)39(7)41(9)51(42-18-30-48(31-19-42)53(44-22-10-35(3)11-23-44)45-24-12-36(4)13-25-45)52(50)43-20-32-49(33-21-43)54(46-26-14-37(5)15-27-46)47-28-16-38(6)17-29-47/h10-34H,1-9H3. The summed E-state index contributed by atoms with van der Waals surface area (Å²) in [5, 5.41) is 0. The first kappa shape index (κ1) is 36.5. The molecule has 0 aliphatic rings. The van der Waals surface area contributed by atoms with Crippen LogP contribution in [0.4, 0.5) is 34.1 Å². The zero-order chi connectivity index (χ0) is 38.1. The third-order valence-corrected chi connectivity index (χ3v) is 11.0. The molecule has 0 aliphatic carbocycles. The Morgan fingerprint density at radius 2 is 0.556 bits per heavy atom. The van der Waals surface area contributed by atoms with Gasteiger partial charge >= 0.3 is 0 Å². The van der Waals surface area contributed by atoms with Gasteiger partial charge in [0, 0.05) is 34.1 Å². The molecule has 2 nitrogen and oxygen atoms in total. The molecule has 0 amide bonds. The van der Waals surface area contributed by atoms with E-state index >= 15 is 0 Å². The number of benzene rings is 7. The second kappa shape index (κ2) is 15.2. The zero-order valence-corrected chi connectivity index (χ0v) is 33.3. The smallest absolute Gasteiger partial charge is 0.0462 e. The van der Waals surface area contributed by atoms with E-state index in [4.69, 9.17) is 0 Å². The molecule has 0 bridgehead atoms. The number of aryl methyl sites for hydroxylation is 4. The van der Waals surface area contributed by atoms with Gasteiger partial charge in [0.15, 0.2) is 0 Å². The first-order valence-electron chi connectivity index (χ1n) is 19.2. The lowest BCUT2D eigenvalue weighted by Gasteiger charge is -2.28. The highest BCUT2D eigenvalue weighted by Crippen LogP contribution is 2.46. The molecule has 0 atom stereocenters. The molecule has 0 heterocycles. The first-order valence-corrected chi connectivity index (χ1v) is 19.2. The fourth-order valence-corrected chi connectivity index (χ4v) is 7.79. The van der Waals surface area contributed by atoms with E-state index in [-0.39, 0.29) is 0 Å². The van der Waals surface area contributed by atoms with E-state index in [2.05, 4.69) is 218 Å². The minimum absolute atomic E-state index is 0.354. The van der Waals surface area contributed by atoms with Gasteiger partial charge in [-0.25, -0.2) is 0 Å². The minimum Gasteiger partial charge on any atom is -0.311 e. The van der Waals surface area contributed by atoms with E-state index in [1.807, 2.05) is 0 Å². The molecule has 270 valence electrons. The van der Waals surface area contributed by atoms with Gasteiger partial charge in [-0.2, -0.15) is 0 Å². The maximum Gasteiger partial charge on any atom is 0.0462 e. The van der Waals surface area contributed by atoms with Crippen LogP contribution in [0.2, 0.25) is 0 Å². The summed E-state index contributed by atoms with van der Waals surface area (Å²) in [5.41, 5.74) is 22.5. The van der Waals surface area contributed by atoms with Gasteiger partial charge in [0.25, 0.3) is 0 Å². The largest absolute Gasteiger partial charge is 0.311 e. The molecule has 0 fully saturated rings. The van der Waals surface area contributed by atoms with Crippen molar-refractivity contribution in [1.29, 1.82) is 0 Å². The van der Waals surface area contributed by atoms with Crippen molar-refractivity contribution in [2.75, 3.05) is 9.80 Å². The van der Waals surface area contributed by atoms with E-state index in [1.54, 1.807) is 0 Å². The molecule has 0 spiro atoms. The van der Waals surface area contributed by atoms with Crippen LogP contribution in [0.5, 0.6) is 0 Å². The lowest BCUT2D eigenvalue weighted by molar-refractivity contribution is 0.855. The average molecular weight is 705 g/mol. The Morgan fingerprint density at radius 3 is 0.833 bits per heavy atom. The van der Waals surface area contributed by atoms with Crippen molar-refractivity contribution in [3.63, 3.8) is 0 Å². The third-order valence-electron chi connectivity index (χ3n) is 11.0. The molecular weight excluding hydrogens is 653 g/mol. The Labute approximate surface area is 323 Å². The van der Waals surface area contributed by atoms with Crippen molar-refractivity contribution in [2.24, 2.45) is 0 Å². The Kier molecular flexibility index (Phi) is 10.3. The average Bonchev–Trinajstić information content (AvgIpc) is 3.17. The van der Waals surface area contributed by atoms with E-state index in [0.717, 1.165) is 34.1 Å². The van der Waals surface area contributed by atoms with Crippen LogP contribution in [0.3, 0.4) is 0 Å². The maximum absolute atomic E-state index is 2.35. The second-order valence-electron chi connectivity index (χ2n) is 15.3. The predicted octanol–water partition coefficient (Wildman–Crippen LogP) is 15.2. The summed E-state index contributed by atoms with van der Waals surface area (Å²) in [5.74, 6) is 0.354. The Bertz CT molecular complexity index is 2270. The molecule has 0 saturated carbocycles. The van der Waals surface area contributed by atoms with Crippen LogP contribution in [0.15, 0.2) is 146 Å². The van der Waals surface area contributed by atoms with Gasteiger partial charge in [0.2, 0.25) is 0 Å². The fourth-order valence-electron chi connectivity index (χ4n) is 7.79. The topological polar surface area (TPSA) is 6.48 Å². The zero-order valence-electron chi connectivity index (χ0n) is 33.3. The summed E-state index contributed by atoms with van der Waals surface area (Å²) in [4.78, 5) is 4.70. The van der Waals surface area contributed by atoms with E-state index in [1.165, 1.54) is 66.8 Å². The number of rotatable bonds is 9. The predicted molar refractivity (Wildman–Crippen MR) is 234 cm³/mol. The molecular formula is C52H52N2. The molecule has 0 N–H and O–H groups in total. The van der Waals surface area contributed by atoms with Crippen molar-refractivity contribution in [3.05, 3.63) is 190 Å². The van der Waals surface area contributed by atoms with Gasteiger partial charge in [-0.3, -0.25) is 0 Å². The number of hydrogen-bond donors (Lipinski definition) is 0. The monoisotopic (exact) mass is 704 g/mol. The minimum atomic E-state index is 0.354. The van der Waals surface area contributed by atoms with Crippen molar-refractivity contribution >= 4 is 34.1 Å². The van der Waals surface area contributed by atoms with Gasteiger partial charge in [0.1, 0.15) is 0 Å². The van der Waals surface area contributed by atoms with Crippen molar-refractivity contribution in [1.82, 2.24) is 0 Å². The van der Waals surface area contributed by atoms with Crippen LogP contribution >= 0.6 is 0 Å². The van der Waals surface area contributed by atoms with Gasteiger partial charge in [-0.15, -0.1) is 0 Å². The second-order valence-corrected chi connectivity index (χ2v) is 15.3. The number of anilines is 6. The van der Waals surface area contributed by atoms with Crippen LogP contribution in [0, 0.1) is 48.5 Å². The molecule has 0 aliphatic heterocycles. The maximum atomic E-state index is 2.35. The van der Waals surface area contributed by atoms with Crippen molar-refractivity contribution in [3.8, 4) is 22.3 Å². The number of hydrogen-bond acceptors (Lipinski definition) is 2. The van der Waals surface area contributed by atoms with E-state index < -0.39 is 0 Å². The highest BCUT2D eigenvalue weighted by Gasteiger charge is 2.23. The Morgan fingerprint density at radius 1 is 0.296 bits per heavy atom. The van der Waals surface area contributed by atoms with Crippen LogP contribution < -0.4 is 9.80 Å². The molecule has 0 aromatic heterocycles. The molecule has 0 unspecified atom stereocenters. The highest BCUT2D eigenvalue weighted by molar-refractivity contribution is 5.92. The summed E-state index contributed by atoms with van der Waals surface area (Å²) in [6.07, 6.45) is 0. The molecule has 54 heavy (non-hydrogen) atoms. The molecule has 0 radical (unpaired) electrons. The van der Waals surface area contributed by atoms with Crippen molar-refractivity contribution in [2.45, 2.75) is 68.2 Å². The van der Waals surface area contributed by atoms with Crippen LogP contribution in [-0.2, 0) is 0 Å². The van der Waals surface area contributed by atoms with E-state index in [9.17, 15) is 0 Å². The Hall–Kier alpha value is -5.86. The summed E-state index contributed by atoms with van der Waals surface area (Å²) in [7, 11) is 0. The van der Waals surface area contributed by atoms with Crippen LogP contribution in [-0.4, -0.2) is 0 Å². The fraction of sp³-hybridized carbons (Fsp3) is 0.192. The van der Waals surface area contributed by atoms with Crippen LogP contribution in [0.1, 0.15) is 64.3 Å². The Balaban J connectivity index is 1.35. The lowest BCUT2D eigenvalue weighted by Crippen LogP contribution is -2.10. The van der Waals surface area contributed by atoms with Crippen molar-refractivity contribution < 1.29 is 0 Å². The third kappa shape index (κ3) is 7.22. The van der Waals surface area contributed by atoms with Gasteiger partial charge in [-0.05, 0) is 172 Å². The number of nitrogens with zero attached hydrogens (tertiary/aromatic N) is 2. The van der Waals surface area contributed by atoms with Gasteiger partial charge in [0.05, 0.1) is 0 Å². The normalized spacial score (nSPS) is 11.2. The molecule has 0 saturated heterocycles. The quantitative estimate of drug-likeness (QED) is 0.148. The molecule has 7 rings (SSSR count). The highest BCUT2D eigenvalue weighted by atomic mass is 15.1. The summed E-state index contributed by atoms with van der Waals surface area (Å²) in [6.45, 7) is 20.1. The molecule has 7 aromatic carbocycles. The van der Waals surface area contributed by atoms with Gasteiger partial charge in [-0.1, -0.05) is 109 Å². The first-order chi connectivity index (χ1) is 26.0.